The van der Waals surface area contributed by atoms with Gasteiger partial charge in [0.1, 0.15) is 17.5 Å². The minimum Gasteiger partial charge on any atom is -0.435 e. The highest BCUT2D eigenvalue weighted by atomic mass is 19.3. The van der Waals surface area contributed by atoms with E-state index in [1.54, 1.807) is 29.2 Å². The summed E-state index contributed by atoms with van der Waals surface area (Å²) in [6.45, 7) is -2.55. The van der Waals surface area contributed by atoms with E-state index in [9.17, 15) is 28.6 Å². The number of aromatic nitrogens is 4. The van der Waals surface area contributed by atoms with Gasteiger partial charge in [-0.2, -0.15) is 13.9 Å². The number of rotatable bonds is 7. The minimum atomic E-state index is -2.94. The molecule has 0 radical (unpaired) electrons. The molecule has 38 heavy (non-hydrogen) atoms. The molecule has 1 aliphatic rings. The van der Waals surface area contributed by atoms with Gasteiger partial charge >= 0.3 is 6.61 Å². The van der Waals surface area contributed by atoms with Gasteiger partial charge in [0, 0.05) is 18.7 Å². The summed E-state index contributed by atoms with van der Waals surface area (Å²) in [5.74, 6) is -0.321. The van der Waals surface area contributed by atoms with Crippen LogP contribution < -0.4 is 10.3 Å². The summed E-state index contributed by atoms with van der Waals surface area (Å²) in [6.07, 6.45) is 3.28. The van der Waals surface area contributed by atoms with Crippen LogP contribution in [0.15, 0.2) is 65.8 Å². The van der Waals surface area contributed by atoms with Gasteiger partial charge in [0.25, 0.3) is 11.5 Å². The first kappa shape index (κ1) is 25.5. The Bertz CT molecular complexity index is 1510. The van der Waals surface area contributed by atoms with Gasteiger partial charge in [-0.15, -0.1) is 0 Å². The second kappa shape index (κ2) is 10.3. The lowest BCUT2D eigenvalue weighted by Crippen LogP contribution is -2.49. The number of ether oxygens (including phenoxy) is 1. The average molecular weight is 526 g/mol. The number of hydrogen-bond acceptors (Lipinski definition) is 7. The third-order valence-electron chi connectivity index (χ3n) is 6.66. The van der Waals surface area contributed by atoms with Crippen molar-refractivity contribution in [1.82, 2.24) is 24.2 Å². The largest absolute Gasteiger partial charge is 0.435 e. The Labute approximate surface area is 215 Å². The molecule has 12 heteroatoms. The quantitative estimate of drug-likeness (QED) is 0.380. The standard InChI is InChI=1S/C26H25F2N5O5/c27-25(28)38-20-6-4-18(5-7-20)23(35)31-10-8-26(37,9-11-31)15-32-16-29-22-21(24(32)36)13-30-33(22)19-3-1-2-17(12-19)14-34/h1-7,12-13,16,25,34,37H,8-11,14-15H2. The zero-order chi connectivity index (χ0) is 26.9. The maximum Gasteiger partial charge on any atom is 0.387 e. The fourth-order valence-corrected chi connectivity index (χ4v) is 4.60. The second-order valence-corrected chi connectivity index (χ2v) is 9.22. The molecule has 3 heterocycles. The molecule has 0 aliphatic carbocycles. The number of nitrogens with zero attached hydrogens (tertiary/aromatic N) is 5. The van der Waals surface area contributed by atoms with Gasteiger partial charge in [0.2, 0.25) is 0 Å². The zero-order valence-corrected chi connectivity index (χ0v) is 20.2. The third kappa shape index (κ3) is 5.13. The van der Waals surface area contributed by atoms with Crippen LogP contribution >= 0.6 is 0 Å². The van der Waals surface area contributed by atoms with Crippen LogP contribution in [0, 0.1) is 0 Å². The van der Waals surface area contributed by atoms with E-state index in [1.165, 1.54) is 46.0 Å². The second-order valence-electron chi connectivity index (χ2n) is 9.22. The number of likely N-dealkylation sites (tertiary alicyclic amines) is 1. The number of piperidine rings is 1. The predicted molar refractivity (Wildman–Crippen MR) is 132 cm³/mol. The van der Waals surface area contributed by atoms with Crippen LogP contribution in [0.1, 0.15) is 28.8 Å². The maximum atomic E-state index is 13.2. The summed E-state index contributed by atoms with van der Waals surface area (Å²) < 4.78 is 31.9. The van der Waals surface area contributed by atoms with Crippen molar-refractivity contribution in [3.8, 4) is 11.4 Å². The van der Waals surface area contributed by atoms with Crippen LogP contribution in [-0.2, 0) is 13.2 Å². The van der Waals surface area contributed by atoms with Crippen molar-refractivity contribution in [1.29, 1.82) is 0 Å². The molecule has 10 nitrogen and oxygen atoms in total. The highest BCUT2D eigenvalue weighted by Gasteiger charge is 2.35. The number of fused-ring (bicyclic) bond motifs is 1. The summed E-state index contributed by atoms with van der Waals surface area (Å²) in [5.41, 5.74) is 0.462. The lowest BCUT2D eigenvalue weighted by atomic mass is 9.91. The molecule has 0 unspecified atom stereocenters. The summed E-state index contributed by atoms with van der Waals surface area (Å²) in [6, 6.07) is 12.5. The third-order valence-corrected chi connectivity index (χ3v) is 6.66. The first-order chi connectivity index (χ1) is 18.3. The van der Waals surface area contributed by atoms with E-state index >= 15 is 0 Å². The molecule has 2 aromatic carbocycles. The van der Waals surface area contributed by atoms with Gasteiger partial charge in [-0.05, 0) is 54.8 Å². The van der Waals surface area contributed by atoms with E-state index < -0.39 is 12.2 Å². The molecular formula is C26H25F2N5O5. The van der Waals surface area contributed by atoms with E-state index in [0.717, 1.165) is 0 Å². The van der Waals surface area contributed by atoms with Crippen LogP contribution in [0.25, 0.3) is 16.7 Å². The Balaban J connectivity index is 1.27. The van der Waals surface area contributed by atoms with Crippen molar-refractivity contribution in [3.05, 3.63) is 82.5 Å². The lowest BCUT2D eigenvalue weighted by Gasteiger charge is -2.38. The van der Waals surface area contributed by atoms with Crippen LogP contribution in [0.3, 0.4) is 0 Å². The highest BCUT2D eigenvalue weighted by molar-refractivity contribution is 5.94. The number of amides is 1. The monoisotopic (exact) mass is 525 g/mol. The molecule has 0 spiro atoms. The Morgan fingerprint density at radius 1 is 1.13 bits per heavy atom. The van der Waals surface area contributed by atoms with Gasteiger partial charge in [0.05, 0.1) is 30.6 Å². The molecule has 1 saturated heterocycles. The molecule has 0 atom stereocenters. The number of halogens is 2. The SMILES string of the molecule is O=C(c1ccc(OC(F)F)cc1)N1CCC(O)(Cn2cnc3c(cnn3-c3cccc(CO)c3)c2=O)CC1. The molecule has 0 saturated carbocycles. The van der Waals surface area contributed by atoms with E-state index in [4.69, 9.17) is 0 Å². The van der Waals surface area contributed by atoms with Crippen molar-refractivity contribution < 1.29 is 28.5 Å². The van der Waals surface area contributed by atoms with Gasteiger partial charge in [-0.1, -0.05) is 12.1 Å². The Kier molecular flexibility index (Phi) is 6.91. The number of carbonyl (C=O) groups is 1. The highest BCUT2D eigenvalue weighted by Crippen LogP contribution is 2.26. The summed E-state index contributed by atoms with van der Waals surface area (Å²) in [5, 5.41) is 25.2. The Hall–Kier alpha value is -4.16. The van der Waals surface area contributed by atoms with E-state index in [1.807, 2.05) is 0 Å². The van der Waals surface area contributed by atoms with E-state index in [2.05, 4.69) is 14.8 Å². The molecule has 0 bridgehead atoms. The van der Waals surface area contributed by atoms with Gasteiger partial charge in [0.15, 0.2) is 5.65 Å². The Morgan fingerprint density at radius 2 is 1.87 bits per heavy atom. The van der Waals surface area contributed by atoms with E-state index in [-0.39, 0.29) is 61.7 Å². The van der Waals surface area contributed by atoms with Gasteiger partial charge < -0.3 is 19.8 Å². The number of aliphatic hydroxyl groups excluding tert-OH is 1. The number of alkyl halides is 2. The first-order valence-electron chi connectivity index (χ1n) is 12.0. The number of aliphatic hydroxyl groups is 2. The molecule has 4 aromatic rings. The van der Waals surface area contributed by atoms with Crippen LogP contribution in [0.2, 0.25) is 0 Å². The lowest BCUT2D eigenvalue weighted by molar-refractivity contribution is -0.0498. The number of benzene rings is 2. The predicted octanol–water partition coefficient (Wildman–Crippen LogP) is 2.34. The topological polar surface area (TPSA) is 123 Å². The van der Waals surface area contributed by atoms with Crippen LogP contribution in [-0.4, -0.2) is 65.7 Å². The zero-order valence-electron chi connectivity index (χ0n) is 20.2. The summed E-state index contributed by atoms with van der Waals surface area (Å²) in [4.78, 5) is 32.0. The van der Waals surface area contributed by atoms with Crippen LogP contribution in [0.5, 0.6) is 5.75 Å². The van der Waals surface area contributed by atoms with Crippen molar-refractivity contribution in [2.24, 2.45) is 0 Å². The van der Waals surface area contributed by atoms with Gasteiger partial charge in [-0.25, -0.2) is 9.67 Å². The first-order valence-corrected chi connectivity index (χ1v) is 12.0. The van der Waals surface area contributed by atoms with E-state index in [0.29, 0.717) is 22.5 Å². The number of carbonyl (C=O) groups excluding carboxylic acids is 1. The normalized spacial score (nSPS) is 15.2. The fourth-order valence-electron chi connectivity index (χ4n) is 4.60. The van der Waals surface area contributed by atoms with Gasteiger partial charge in [-0.3, -0.25) is 14.2 Å². The fraction of sp³-hybridized carbons (Fsp3) is 0.308. The van der Waals surface area contributed by atoms with Crippen molar-refractivity contribution in [3.63, 3.8) is 0 Å². The molecule has 1 amide bonds. The summed E-state index contributed by atoms with van der Waals surface area (Å²) in [7, 11) is 0. The minimum absolute atomic E-state index is 0.00163. The van der Waals surface area contributed by atoms with Crippen LogP contribution in [0.4, 0.5) is 8.78 Å². The molecule has 2 aromatic heterocycles. The smallest absolute Gasteiger partial charge is 0.387 e. The number of hydrogen-bond donors (Lipinski definition) is 2. The molecule has 1 aliphatic heterocycles. The Morgan fingerprint density at radius 3 is 2.55 bits per heavy atom. The maximum absolute atomic E-state index is 13.2. The van der Waals surface area contributed by atoms with Crippen molar-refractivity contribution in [2.75, 3.05) is 13.1 Å². The molecule has 1 fully saturated rings. The summed E-state index contributed by atoms with van der Waals surface area (Å²) >= 11 is 0. The molecule has 198 valence electrons. The molecular weight excluding hydrogens is 500 g/mol. The average Bonchev–Trinajstić information content (AvgIpc) is 3.35. The van der Waals surface area contributed by atoms with Crippen molar-refractivity contribution in [2.45, 2.75) is 38.2 Å². The van der Waals surface area contributed by atoms with Crippen molar-refractivity contribution >= 4 is 16.9 Å². The molecule has 2 N–H and O–H groups in total. The molecule has 5 rings (SSSR count).